The molecule has 0 unspecified atom stereocenters. The smallest absolute Gasteiger partial charge is 0.294 e. The molecule has 0 saturated carbocycles. The van der Waals surface area contributed by atoms with E-state index < -0.39 is 16.9 Å². The van der Waals surface area contributed by atoms with Gasteiger partial charge in [-0.1, -0.05) is 31.9 Å². The summed E-state index contributed by atoms with van der Waals surface area (Å²) in [6.45, 7) is 3.77. The van der Waals surface area contributed by atoms with Gasteiger partial charge in [-0.2, -0.15) is 0 Å². The molecule has 19 heavy (non-hydrogen) atoms. The number of benzene rings is 1. The van der Waals surface area contributed by atoms with Crippen molar-refractivity contribution in [1.82, 2.24) is 0 Å². The lowest BCUT2D eigenvalue weighted by Gasteiger charge is -2.17. The first-order valence-electron chi connectivity index (χ1n) is 5.87. The Morgan fingerprint density at radius 2 is 2.21 bits per heavy atom. The zero-order valence-corrected chi connectivity index (χ0v) is 11.5. The molecular weight excluding hydrogens is 270 g/mol. The van der Waals surface area contributed by atoms with Crippen molar-refractivity contribution in [2.45, 2.75) is 26.3 Å². The number of rotatable bonds is 5. The molecule has 1 aromatic carbocycles. The first-order valence-corrected chi connectivity index (χ1v) is 6.25. The zero-order chi connectivity index (χ0) is 14.6. The number of nitrogens with two attached hydrogens (primary N) is 1. The Morgan fingerprint density at radius 3 is 2.74 bits per heavy atom. The van der Waals surface area contributed by atoms with Gasteiger partial charge >= 0.3 is 0 Å². The molecule has 1 rings (SSSR count). The molecule has 0 aromatic heterocycles. The van der Waals surface area contributed by atoms with Crippen LogP contribution >= 0.6 is 11.6 Å². The molecular formula is C12H16ClN3O3. The molecule has 7 heteroatoms. The number of carbonyl (C=O) groups is 1. The highest BCUT2D eigenvalue weighted by atomic mass is 35.5. The van der Waals surface area contributed by atoms with Crippen molar-refractivity contribution in [1.29, 1.82) is 0 Å². The van der Waals surface area contributed by atoms with Crippen molar-refractivity contribution in [3.05, 3.63) is 33.3 Å². The minimum Gasteiger partial charge on any atom is -0.320 e. The van der Waals surface area contributed by atoms with Crippen molar-refractivity contribution in [3.63, 3.8) is 0 Å². The third-order valence-electron chi connectivity index (χ3n) is 2.97. The molecule has 104 valence electrons. The van der Waals surface area contributed by atoms with E-state index in [1.807, 2.05) is 13.8 Å². The minimum absolute atomic E-state index is 0.00800. The van der Waals surface area contributed by atoms with Gasteiger partial charge < -0.3 is 11.1 Å². The lowest BCUT2D eigenvalue weighted by atomic mass is 9.99. The molecule has 0 aliphatic heterocycles. The summed E-state index contributed by atoms with van der Waals surface area (Å²) in [5, 5.41) is 13.6. The Hall–Kier alpha value is -1.66. The van der Waals surface area contributed by atoms with Crippen molar-refractivity contribution < 1.29 is 9.72 Å². The predicted molar refractivity (Wildman–Crippen MR) is 74.2 cm³/mol. The molecule has 0 saturated heterocycles. The summed E-state index contributed by atoms with van der Waals surface area (Å²) in [5.41, 5.74) is 5.61. The van der Waals surface area contributed by atoms with E-state index >= 15 is 0 Å². The summed E-state index contributed by atoms with van der Waals surface area (Å²) in [6, 6.07) is 3.34. The zero-order valence-electron chi connectivity index (χ0n) is 10.7. The molecule has 0 spiro atoms. The number of hydrogen-bond acceptors (Lipinski definition) is 4. The first-order chi connectivity index (χ1) is 8.86. The fourth-order valence-electron chi connectivity index (χ4n) is 1.49. The Morgan fingerprint density at radius 1 is 1.58 bits per heavy atom. The van der Waals surface area contributed by atoms with E-state index in [0.29, 0.717) is 0 Å². The highest BCUT2D eigenvalue weighted by Crippen LogP contribution is 2.28. The van der Waals surface area contributed by atoms with Crippen molar-refractivity contribution >= 4 is 28.9 Å². The standard InChI is InChI=1S/C12H16ClN3O3/c1-3-7(2)11(14)12(17)15-9-5-4-8(13)6-10(9)16(18)19/h4-7,11H,3,14H2,1-2H3,(H,15,17)/t7-,11-/m0/s1. The summed E-state index contributed by atoms with van der Waals surface area (Å²) < 4.78 is 0. The summed E-state index contributed by atoms with van der Waals surface area (Å²) in [7, 11) is 0. The molecule has 1 aromatic rings. The first kappa shape index (κ1) is 15.4. The quantitative estimate of drug-likeness (QED) is 0.641. The van der Waals surface area contributed by atoms with Gasteiger partial charge in [0.2, 0.25) is 5.91 Å². The average molecular weight is 286 g/mol. The van der Waals surface area contributed by atoms with E-state index in [-0.39, 0.29) is 22.3 Å². The minimum atomic E-state index is -0.708. The second-order valence-corrected chi connectivity index (χ2v) is 4.76. The lowest BCUT2D eigenvalue weighted by molar-refractivity contribution is -0.383. The van der Waals surface area contributed by atoms with Gasteiger partial charge in [-0.3, -0.25) is 14.9 Å². The van der Waals surface area contributed by atoms with E-state index in [9.17, 15) is 14.9 Å². The number of halogens is 1. The Balaban J connectivity index is 2.94. The predicted octanol–water partition coefficient (Wildman–Crippen LogP) is 2.56. The fraction of sp³-hybridized carbons (Fsp3) is 0.417. The van der Waals surface area contributed by atoms with Crippen LogP contribution in [-0.2, 0) is 4.79 Å². The van der Waals surface area contributed by atoms with Crippen molar-refractivity contribution in [3.8, 4) is 0 Å². The maximum Gasteiger partial charge on any atom is 0.294 e. The van der Waals surface area contributed by atoms with Gasteiger partial charge in [0.1, 0.15) is 5.69 Å². The van der Waals surface area contributed by atoms with E-state index in [4.69, 9.17) is 17.3 Å². The molecule has 6 nitrogen and oxygen atoms in total. The normalized spacial score (nSPS) is 13.7. The second kappa shape index (κ2) is 6.49. The van der Waals surface area contributed by atoms with Crippen LogP contribution in [-0.4, -0.2) is 16.9 Å². The van der Waals surface area contributed by atoms with Crippen LogP contribution in [0.2, 0.25) is 5.02 Å². The molecule has 0 heterocycles. The van der Waals surface area contributed by atoms with E-state index in [0.717, 1.165) is 6.42 Å². The number of carbonyl (C=O) groups excluding carboxylic acids is 1. The summed E-state index contributed by atoms with van der Waals surface area (Å²) in [5.74, 6) is -0.453. The van der Waals surface area contributed by atoms with Crippen molar-refractivity contribution in [2.75, 3.05) is 5.32 Å². The SMILES string of the molecule is CC[C@H](C)[C@H](N)C(=O)Nc1ccc(Cl)cc1[N+](=O)[O-]. The summed E-state index contributed by atoms with van der Waals surface area (Å²) >= 11 is 5.69. The van der Waals surface area contributed by atoms with Crippen LogP contribution in [0.25, 0.3) is 0 Å². The number of amides is 1. The molecule has 0 bridgehead atoms. The fourth-order valence-corrected chi connectivity index (χ4v) is 1.66. The number of anilines is 1. The van der Waals surface area contributed by atoms with E-state index in [1.165, 1.54) is 18.2 Å². The topological polar surface area (TPSA) is 98.3 Å². The van der Waals surface area contributed by atoms with Crippen LogP contribution in [0.4, 0.5) is 11.4 Å². The largest absolute Gasteiger partial charge is 0.320 e. The highest BCUT2D eigenvalue weighted by Gasteiger charge is 2.22. The molecule has 2 atom stereocenters. The van der Waals surface area contributed by atoms with Gasteiger partial charge in [0.05, 0.1) is 11.0 Å². The van der Waals surface area contributed by atoms with Crippen LogP contribution in [0.15, 0.2) is 18.2 Å². The van der Waals surface area contributed by atoms with Crippen molar-refractivity contribution in [2.24, 2.45) is 11.7 Å². The monoisotopic (exact) mass is 285 g/mol. The van der Waals surface area contributed by atoms with Gasteiger partial charge in [-0.05, 0) is 18.1 Å². The highest BCUT2D eigenvalue weighted by molar-refractivity contribution is 6.31. The maximum atomic E-state index is 11.9. The Kier molecular flexibility index (Phi) is 5.26. The lowest BCUT2D eigenvalue weighted by Crippen LogP contribution is -2.40. The maximum absolute atomic E-state index is 11.9. The van der Waals surface area contributed by atoms with Gasteiger partial charge in [0.25, 0.3) is 5.69 Å². The molecule has 0 aliphatic rings. The van der Waals surface area contributed by atoms with Crippen LogP contribution < -0.4 is 11.1 Å². The van der Waals surface area contributed by atoms with Crippen LogP contribution in [0, 0.1) is 16.0 Å². The van der Waals surface area contributed by atoms with Gasteiger partial charge in [0, 0.05) is 11.1 Å². The van der Waals surface area contributed by atoms with Gasteiger partial charge in [-0.15, -0.1) is 0 Å². The molecule has 1 amide bonds. The average Bonchev–Trinajstić information content (AvgIpc) is 2.38. The number of nitrogens with zero attached hydrogens (tertiary/aromatic N) is 1. The number of nitro groups is 1. The third kappa shape index (κ3) is 3.90. The number of nitrogens with one attached hydrogen (secondary N) is 1. The van der Waals surface area contributed by atoms with Crippen LogP contribution in [0.1, 0.15) is 20.3 Å². The second-order valence-electron chi connectivity index (χ2n) is 4.32. The van der Waals surface area contributed by atoms with Crippen LogP contribution in [0.3, 0.4) is 0 Å². The molecule has 3 N–H and O–H groups in total. The molecule has 0 fully saturated rings. The molecule has 0 radical (unpaired) electrons. The van der Waals surface area contributed by atoms with Crippen LogP contribution in [0.5, 0.6) is 0 Å². The van der Waals surface area contributed by atoms with Gasteiger partial charge in [0.15, 0.2) is 0 Å². The summed E-state index contributed by atoms with van der Waals surface area (Å²) in [4.78, 5) is 22.2. The number of nitro benzene ring substituents is 1. The van der Waals surface area contributed by atoms with E-state index in [2.05, 4.69) is 5.32 Å². The van der Waals surface area contributed by atoms with Gasteiger partial charge in [-0.25, -0.2) is 0 Å². The van der Waals surface area contributed by atoms with E-state index in [1.54, 1.807) is 0 Å². The Labute approximate surface area is 116 Å². The number of hydrogen-bond donors (Lipinski definition) is 2. The molecule has 0 aliphatic carbocycles. The Bertz CT molecular complexity index is 493. The third-order valence-corrected chi connectivity index (χ3v) is 3.21. The summed E-state index contributed by atoms with van der Waals surface area (Å²) in [6.07, 6.45) is 0.747.